The van der Waals surface area contributed by atoms with E-state index in [4.69, 9.17) is 0 Å². The summed E-state index contributed by atoms with van der Waals surface area (Å²) in [6.07, 6.45) is 2.76. The molecule has 0 aromatic heterocycles. The van der Waals surface area contributed by atoms with Crippen molar-refractivity contribution in [3.8, 4) is 16.9 Å². The van der Waals surface area contributed by atoms with Gasteiger partial charge in [0, 0.05) is 5.56 Å². The highest BCUT2D eigenvalue weighted by molar-refractivity contribution is 5.85. The Bertz CT molecular complexity index is 1190. The standard InChI is InChI=1S/C28H25F5O/c1-2-3-4-5-18-6-8-19(9-7-18)20-10-13-23-21(16-20)11-14-24(27(23)30)22-12-15-26(25(29)17-22)34-28(31,32)33/h6-9,11-12,14-17H,2-5,10,13H2,1H3. The molecule has 0 bridgehead atoms. The molecule has 0 atom stereocenters. The second-order valence-electron chi connectivity index (χ2n) is 8.51. The maximum Gasteiger partial charge on any atom is 0.573 e. The first-order valence-electron chi connectivity index (χ1n) is 11.4. The van der Waals surface area contributed by atoms with Crippen LogP contribution >= 0.6 is 0 Å². The van der Waals surface area contributed by atoms with Crippen molar-refractivity contribution in [2.45, 2.75) is 51.8 Å². The Hall–Kier alpha value is -3.15. The Labute approximate surface area is 195 Å². The SMILES string of the molecule is CCCCCc1ccc(C2=Cc3ccc(-c4ccc(OC(F)(F)F)c(F)c4)c(F)c3CC2)cc1. The summed E-state index contributed by atoms with van der Waals surface area (Å²) in [7, 11) is 0. The zero-order valence-corrected chi connectivity index (χ0v) is 18.8. The fourth-order valence-electron chi connectivity index (χ4n) is 4.34. The molecule has 1 nitrogen and oxygen atoms in total. The van der Waals surface area contributed by atoms with E-state index in [1.54, 1.807) is 6.07 Å². The number of aryl methyl sites for hydroxylation is 1. The van der Waals surface area contributed by atoms with E-state index < -0.39 is 23.7 Å². The highest BCUT2D eigenvalue weighted by atomic mass is 19.4. The number of allylic oxidation sites excluding steroid dienone is 1. The first-order chi connectivity index (χ1) is 16.2. The minimum atomic E-state index is -5.00. The Morgan fingerprint density at radius 3 is 2.26 bits per heavy atom. The number of halogens is 5. The summed E-state index contributed by atoms with van der Waals surface area (Å²) in [6, 6.07) is 14.7. The first kappa shape index (κ1) is 24.0. The number of benzene rings is 3. The van der Waals surface area contributed by atoms with Crippen molar-refractivity contribution < 1.29 is 26.7 Å². The highest BCUT2D eigenvalue weighted by Crippen LogP contribution is 2.37. The molecule has 1 aliphatic carbocycles. The fraction of sp³-hybridized carbons (Fsp3) is 0.286. The van der Waals surface area contributed by atoms with Crippen LogP contribution in [-0.2, 0) is 12.8 Å². The quantitative estimate of drug-likeness (QED) is 0.247. The molecule has 1 aliphatic rings. The Morgan fingerprint density at radius 2 is 1.59 bits per heavy atom. The van der Waals surface area contributed by atoms with Crippen LogP contribution in [0.2, 0.25) is 0 Å². The van der Waals surface area contributed by atoms with E-state index in [-0.39, 0.29) is 11.1 Å². The van der Waals surface area contributed by atoms with Gasteiger partial charge in [-0.15, -0.1) is 13.2 Å². The van der Waals surface area contributed by atoms with Crippen LogP contribution < -0.4 is 4.74 Å². The lowest BCUT2D eigenvalue weighted by Gasteiger charge is -2.19. The molecule has 0 unspecified atom stereocenters. The number of ether oxygens (including phenoxy) is 1. The summed E-state index contributed by atoms with van der Waals surface area (Å²) in [5.41, 5.74) is 5.12. The van der Waals surface area contributed by atoms with E-state index in [0.29, 0.717) is 18.4 Å². The van der Waals surface area contributed by atoms with E-state index in [0.717, 1.165) is 35.3 Å². The van der Waals surface area contributed by atoms with Crippen molar-refractivity contribution in [1.82, 2.24) is 0 Å². The summed E-state index contributed by atoms with van der Waals surface area (Å²) in [5.74, 6) is -2.63. The van der Waals surface area contributed by atoms with E-state index >= 15 is 4.39 Å². The van der Waals surface area contributed by atoms with Crippen molar-refractivity contribution in [3.63, 3.8) is 0 Å². The largest absolute Gasteiger partial charge is 0.573 e. The molecule has 4 rings (SSSR count). The smallest absolute Gasteiger partial charge is 0.403 e. The highest BCUT2D eigenvalue weighted by Gasteiger charge is 2.32. The van der Waals surface area contributed by atoms with Gasteiger partial charge in [-0.05, 0) is 71.2 Å². The van der Waals surface area contributed by atoms with E-state index in [1.165, 1.54) is 37.0 Å². The predicted molar refractivity (Wildman–Crippen MR) is 124 cm³/mol. The number of fused-ring (bicyclic) bond motifs is 1. The van der Waals surface area contributed by atoms with Crippen molar-refractivity contribution in [1.29, 1.82) is 0 Å². The van der Waals surface area contributed by atoms with Gasteiger partial charge in [-0.3, -0.25) is 0 Å². The van der Waals surface area contributed by atoms with Gasteiger partial charge in [0.2, 0.25) is 0 Å². The van der Waals surface area contributed by atoms with E-state index in [1.807, 2.05) is 6.08 Å². The zero-order chi connectivity index (χ0) is 24.3. The van der Waals surface area contributed by atoms with Crippen LogP contribution in [0.4, 0.5) is 22.0 Å². The lowest BCUT2D eigenvalue weighted by molar-refractivity contribution is -0.275. The second kappa shape index (κ2) is 10.00. The van der Waals surface area contributed by atoms with Crippen molar-refractivity contribution in [3.05, 3.63) is 88.5 Å². The molecule has 0 N–H and O–H groups in total. The molecular weight excluding hydrogens is 447 g/mol. The second-order valence-corrected chi connectivity index (χ2v) is 8.51. The lowest BCUT2D eigenvalue weighted by atomic mass is 9.86. The molecule has 0 saturated carbocycles. The molecule has 178 valence electrons. The van der Waals surface area contributed by atoms with Crippen LogP contribution in [0.5, 0.6) is 5.75 Å². The van der Waals surface area contributed by atoms with Crippen LogP contribution in [0.25, 0.3) is 22.8 Å². The summed E-state index contributed by atoms with van der Waals surface area (Å²) in [4.78, 5) is 0. The topological polar surface area (TPSA) is 9.23 Å². The molecule has 0 heterocycles. The normalized spacial score (nSPS) is 13.4. The van der Waals surface area contributed by atoms with Crippen LogP contribution in [0, 0.1) is 11.6 Å². The first-order valence-corrected chi connectivity index (χ1v) is 11.4. The Kier molecular flexibility index (Phi) is 7.05. The van der Waals surface area contributed by atoms with Crippen LogP contribution in [-0.4, -0.2) is 6.36 Å². The third-order valence-corrected chi connectivity index (χ3v) is 6.12. The van der Waals surface area contributed by atoms with E-state index in [9.17, 15) is 17.6 Å². The molecule has 6 heteroatoms. The third-order valence-electron chi connectivity index (χ3n) is 6.12. The Balaban J connectivity index is 1.56. The number of hydrogen-bond acceptors (Lipinski definition) is 1. The van der Waals surface area contributed by atoms with Gasteiger partial charge in [0.25, 0.3) is 0 Å². The van der Waals surface area contributed by atoms with Crippen LogP contribution in [0.15, 0.2) is 54.6 Å². The number of rotatable bonds is 7. The molecule has 0 aliphatic heterocycles. The van der Waals surface area contributed by atoms with Gasteiger partial charge < -0.3 is 4.74 Å². The molecule has 0 saturated heterocycles. The van der Waals surface area contributed by atoms with Gasteiger partial charge in [0.05, 0.1) is 0 Å². The molecular formula is C28H25F5O. The zero-order valence-electron chi connectivity index (χ0n) is 18.8. The number of alkyl halides is 3. The van der Waals surface area contributed by atoms with Gasteiger partial charge in [-0.2, -0.15) is 0 Å². The molecule has 34 heavy (non-hydrogen) atoms. The van der Waals surface area contributed by atoms with Gasteiger partial charge in [0.15, 0.2) is 11.6 Å². The van der Waals surface area contributed by atoms with Gasteiger partial charge in [-0.25, -0.2) is 8.78 Å². The van der Waals surface area contributed by atoms with Crippen molar-refractivity contribution in [2.75, 3.05) is 0 Å². The summed E-state index contributed by atoms with van der Waals surface area (Å²) >= 11 is 0. The molecule has 0 spiro atoms. The Morgan fingerprint density at radius 1 is 0.853 bits per heavy atom. The molecule has 0 fully saturated rings. The van der Waals surface area contributed by atoms with Gasteiger partial charge in [0.1, 0.15) is 5.82 Å². The maximum atomic E-state index is 15.3. The predicted octanol–water partition coefficient (Wildman–Crippen LogP) is 8.75. The van der Waals surface area contributed by atoms with Crippen molar-refractivity contribution in [2.24, 2.45) is 0 Å². The van der Waals surface area contributed by atoms with Gasteiger partial charge >= 0.3 is 6.36 Å². The average Bonchev–Trinajstić information content (AvgIpc) is 2.80. The van der Waals surface area contributed by atoms with Crippen LogP contribution in [0.3, 0.4) is 0 Å². The number of unbranched alkanes of at least 4 members (excludes halogenated alkanes) is 2. The minimum Gasteiger partial charge on any atom is -0.403 e. The third kappa shape index (κ3) is 5.49. The average molecular weight is 472 g/mol. The summed E-state index contributed by atoms with van der Waals surface area (Å²) in [6.45, 7) is 2.18. The lowest BCUT2D eigenvalue weighted by Crippen LogP contribution is -2.17. The number of hydrogen-bond donors (Lipinski definition) is 0. The monoisotopic (exact) mass is 472 g/mol. The molecule has 3 aromatic rings. The van der Waals surface area contributed by atoms with Gasteiger partial charge in [-0.1, -0.05) is 68.3 Å². The summed E-state index contributed by atoms with van der Waals surface area (Å²) < 4.78 is 70.2. The molecule has 0 amide bonds. The molecule has 3 aromatic carbocycles. The maximum absolute atomic E-state index is 15.3. The fourth-order valence-corrected chi connectivity index (χ4v) is 4.34. The van der Waals surface area contributed by atoms with Crippen molar-refractivity contribution >= 4 is 11.6 Å². The molecule has 0 radical (unpaired) electrons. The minimum absolute atomic E-state index is 0.143. The van der Waals surface area contributed by atoms with E-state index in [2.05, 4.69) is 35.9 Å². The van der Waals surface area contributed by atoms with Crippen LogP contribution in [0.1, 0.15) is 54.9 Å². The summed E-state index contributed by atoms with van der Waals surface area (Å²) in [5, 5.41) is 0.